The minimum atomic E-state index is -0.0962. The Morgan fingerprint density at radius 3 is 2.42 bits per heavy atom. The van der Waals surface area contributed by atoms with E-state index in [0.29, 0.717) is 19.6 Å². The number of aromatic nitrogens is 1. The number of ether oxygens (including phenoxy) is 3. The van der Waals surface area contributed by atoms with Crippen molar-refractivity contribution in [3.8, 4) is 11.5 Å². The molecule has 1 aromatic heterocycles. The number of nitrogens with one attached hydrogen (secondary N) is 1. The van der Waals surface area contributed by atoms with Gasteiger partial charge in [0.1, 0.15) is 11.5 Å². The van der Waals surface area contributed by atoms with Crippen LogP contribution in [0.1, 0.15) is 36.0 Å². The van der Waals surface area contributed by atoms with Gasteiger partial charge >= 0.3 is 0 Å². The second-order valence-corrected chi connectivity index (χ2v) is 10.1. The Hall–Kier alpha value is -3.81. The predicted molar refractivity (Wildman–Crippen MR) is 158 cm³/mol. The van der Waals surface area contributed by atoms with E-state index in [1.54, 1.807) is 7.11 Å². The predicted octanol–water partition coefficient (Wildman–Crippen LogP) is 5.07. The van der Waals surface area contributed by atoms with Gasteiger partial charge in [0.15, 0.2) is 0 Å². The Morgan fingerprint density at radius 1 is 0.975 bits per heavy atom. The number of hydrogen-bond donors (Lipinski definition) is 1. The summed E-state index contributed by atoms with van der Waals surface area (Å²) in [6, 6.07) is 24.8. The van der Waals surface area contributed by atoms with Gasteiger partial charge in [-0.25, -0.2) is 0 Å². The molecule has 1 aliphatic rings. The summed E-state index contributed by atoms with van der Waals surface area (Å²) in [4.78, 5) is 15.6. The van der Waals surface area contributed by atoms with Crippen molar-refractivity contribution < 1.29 is 19.0 Å². The van der Waals surface area contributed by atoms with E-state index in [1.807, 2.05) is 31.2 Å². The first-order valence-electron chi connectivity index (χ1n) is 14.1. The standard InChI is InChI=1S/C33H39N3O4/c1-3-40-28-14-10-26(11-15-28)30(22-33(37)34-16-17-35-18-20-39-21-19-35)31-24-36(32-7-5-4-6-29(31)32)23-25-8-12-27(38-2)13-9-25/h4-15,24,30H,3,16-23H2,1-2H3,(H,34,37). The highest BCUT2D eigenvalue weighted by atomic mass is 16.5. The molecule has 1 saturated heterocycles. The number of methoxy groups -OCH3 is 1. The maximum absolute atomic E-state index is 13.3. The Bertz CT molecular complexity index is 1380. The molecule has 7 nitrogen and oxygen atoms in total. The number of para-hydroxylation sites is 1. The van der Waals surface area contributed by atoms with Gasteiger partial charge in [-0.2, -0.15) is 0 Å². The molecule has 1 N–H and O–H groups in total. The molecule has 7 heteroatoms. The van der Waals surface area contributed by atoms with Gasteiger partial charge in [0, 0.05) is 62.2 Å². The lowest BCUT2D eigenvalue weighted by Crippen LogP contribution is -2.41. The number of carbonyl (C=O) groups is 1. The summed E-state index contributed by atoms with van der Waals surface area (Å²) >= 11 is 0. The first-order chi connectivity index (χ1) is 19.6. The van der Waals surface area contributed by atoms with Crippen LogP contribution in [0.4, 0.5) is 0 Å². The molecule has 4 aromatic rings. The van der Waals surface area contributed by atoms with E-state index in [0.717, 1.165) is 72.9 Å². The summed E-state index contributed by atoms with van der Waals surface area (Å²) in [5, 5.41) is 4.34. The van der Waals surface area contributed by atoms with Crippen LogP contribution in [-0.2, 0) is 16.1 Å². The molecular formula is C33H39N3O4. The zero-order valence-corrected chi connectivity index (χ0v) is 23.5. The lowest BCUT2D eigenvalue weighted by molar-refractivity contribution is -0.121. The molecule has 1 amide bonds. The Balaban J connectivity index is 1.41. The fourth-order valence-electron chi connectivity index (χ4n) is 5.42. The number of carbonyl (C=O) groups excluding carboxylic acids is 1. The Morgan fingerprint density at radius 2 is 1.70 bits per heavy atom. The molecule has 40 heavy (non-hydrogen) atoms. The van der Waals surface area contributed by atoms with Gasteiger partial charge in [-0.1, -0.05) is 42.5 Å². The number of nitrogens with zero attached hydrogens (tertiary/aromatic N) is 2. The van der Waals surface area contributed by atoms with E-state index < -0.39 is 0 Å². The largest absolute Gasteiger partial charge is 0.497 e. The monoisotopic (exact) mass is 541 g/mol. The highest BCUT2D eigenvalue weighted by molar-refractivity contribution is 5.86. The van der Waals surface area contributed by atoms with Crippen molar-refractivity contribution in [2.45, 2.75) is 25.8 Å². The summed E-state index contributed by atoms with van der Waals surface area (Å²) in [6.45, 7) is 8.15. The number of morpholine rings is 1. The smallest absolute Gasteiger partial charge is 0.220 e. The first kappa shape index (κ1) is 27.7. The van der Waals surface area contributed by atoms with Crippen LogP contribution in [-0.4, -0.2) is 68.5 Å². The number of amides is 1. The van der Waals surface area contributed by atoms with Crippen LogP contribution in [0.2, 0.25) is 0 Å². The first-order valence-corrected chi connectivity index (χ1v) is 14.1. The quantitative estimate of drug-likeness (QED) is 0.271. The van der Waals surface area contributed by atoms with E-state index in [4.69, 9.17) is 14.2 Å². The minimum absolute atomic E-state index is 0.0547. The molecule has 0 spiro atoms. The normalized spacial score (nSPS) is 14.7. The maximum atomic E-state index is 13.3. The average molecular weight is 542 g/mol. The zero-order chi connectivity index (χ0) is 27.7. The molecule has 0 aliphatic carbocycles. The third-order valence-electron chi connectivity index (χ3n) is 7.54. The molecule has 0 bridgehead atoms. The zero-order valence-electron chi connectivity index (χ0n) is 23.5. The molecule has 0 saturated carbocycles. The van der Waals surface area contributed by atoms with E-state index >= 15 is 0 Å². The fraction of sp³-hybridized carbons (Fsp3) is 0.364. The molecule has 1 unspecified atom stereocenters. The molecule has 1 aliphatic heterocycles. The second-order valence-electron chi connectivity index (χ2n) is 10.1. The van der Waals surface area contributed by atoms with Gasteiger partial charge < -0.3 is 24.1 Å². The minimum Gasteiger partial charge on any atom is -0.497 e. The van der Waals surface area contributed by atoms with Gasteiger partial charge in [0.25, 0.3) is 0 Å². The molecule has 1 atom stereocenters. The van der Waals surface area contributed by atoms with Crippen LogP contribution in [0.3, 0.4) is 0 Å². The Labute approximate surface area is 236 Å². The second kappa shape index (κ2) is 13.5. The molecule has 1 fully saturated rings. The van der Waals surface area contributed by atoms with Crippen molar-refractivity contribution in [1.29, 1.82) is 0 Å². The van der Waals surface area contributed by atoms with Crippen molar-refractivity contribution in [3.63, 3.8) is 0 Å². The number of hydrogen-bond acceptors (Lipinski definition) is 5. The topological polar surface area (TPSA) is 65.0 Å². The number of benzene rings is 3. The molecule has 0 radical (unpaired) electrons. The average Bonchev–Trinajstić information content (AvgIpc) is 3.35. The molecule has 5 rings (SSSR count). The fourth-order valence-corrected chi connectivity index (χ4v) is 5.42. The summed E-state index contributed by atoms with van der Waals surface area (Å²) in [6.07, 6.45) is 2.59. The molecule has 3 aromatic carbocycles. The molecular weight excluding hydrogens is 502 g/mol. The van der Waals surface area contributed by atoms with Crippen molar-refractivity contribution in [3.05, 3.63) is 95.7 Å². The van der Waals surface area contributed by atoms with Gasteiger partial charge in [0.2, 0.25) is 5.91 Å². The van der Waals surface area contributed by atoms with Gasteiger partial charge in [-0.05, 0) is 53.9 Å². The van der Waals surface area contributed by atoms with Crippen LogP contribution in [0.5, 0.6) is 11.5 Å². The highest BCUT2D eigenvalue weighted by Gasteiger charge is 2.23. The van der Waals surface area contributed by atoms with E-state index in [1.165, 1.54) is 5.56 Å². The molecule has 2 heterocycles. The van der Waals surface area contributed by atoms with Gasteiger partial charge in [-0.15, -0.1) is 0 Å². The van der Waals surface area contributed by atoms with Gasteiger partial charge in [-0.3, -0.25) is 9.69 Å². The number of rotatable bonds is 12. The SMILES string of the molecule is CCOc1ccc(C(CC(=O)NCCN2CCOCC2)c2cn(Cc3ccc(OC)cc3)c3ccccc23)cc1. The van der Waals surface area contributed by atoms with Crippen LogP contribution in [0.15, 0.2) is 79.0 Å². The van der Waals surface area contributed by atoms with Crippen molar-refractivity contribution >= 4 is 16.8 Å². The third-order valence-corrected chi connectivity index (χ3v) is 7.54. The summed E-state index contributed by atoms with van der Waals surface area (Å²) in [5.74, 6) is 1.64. The van der Waals surface area contributed by atoms with Crippen molar-refractivity contribution in [1.82, 2.24) is 14.8 Å². The van der Waals surface area contributed by atoms with Crippen LogP contribution < -0.4 is 14.8 Å². The van der Waals surface area contributed by atoms with E-state index in [-0.39, 0.29) is 11.8 Å². The van der Waals surface area contributed by atoms with Crippen molar-refractivity contribution in [2.75, 3.05) is 53.1 Å². The molecule has 210 valence electrons. The van der Waals surface area contributed by atoms with Crippen LogP contribution in [0, 0.1) is 0 Å². The third kappa shape index (κ3) is 6.84. The summed E-state index contributed by atoms with van der Waals surface area (Å²) in [5.41, 5.74) is 4.58. The number of fused-ring (bicyclic) bond motifs is 1. The van der Waals surface area contributed by atoms with E-state index in [9.17, 15) is 4.79 Å². The lowest BCUT2D eigenvalue weighted by Gasteiger charge is -2.26. The van der Waals surface area contributed by atoms with Gasteiger partial charge in [0.05, 0.1) is 26.9 Å². The summed E-state index contributed by atoms with van der Waals surface area (Å²) < 4.78 is 18.7. The van der Waals surface area contributed by atoms with Crippen LogP contribution >= 0.6 is 0 Å². The summed E-state index contributed by atoms with van der Waals surface area (Å²) in [7, 11) is 1.68. The highest BCUT2D eigenvalue weighted by Crippen LogP contribution is 2.36. The Kier molecular flexibility index (Phi) is 9.37. The van der Waals surface area contributed by atoms with E-state index in [2.05, 4.69) is 69.5 Å². The van der Waals surface area contributed by atoms with Crippen LogP contribution in [0.25, 0.3) is 10.9 Å². The lowest BCUT2D eigenvalue weighted by atomic mass is 9.88. The maximum Gasteiger partial charge on any atom is 0.220 e. The van der Waals surface area contributed by atoms with Crippen molar-refractivity contribution in [2.24, 2.45) is 0 Å².